The van der Waals surface area contributed by atoms with Crippen LogP contribution in [0.3, 0.4) is 0 Å². The van der Waals surface area contributed by atoms with Crippen molar-refractivity contribution >= 4 is 15.9 Å². The lowest BCUT2D eigenvalue weighted by Crippen LogP contribution is -2.30. The molecular weight excluding hydrogens is 444 g/mol. The van der Waals surface area contributed by atoms with Gasteiger partial charge in [0.15, 0.2) is 0 Å². The number of imidazole rings is 1. The van der Waals surface area contributed by atoms with Gasteiger partial charge in [-0.05, 0) is 32.1 Å². The van der Waals surface area contributed by atoms with Crippen LogP contribution in [-0.4, -0.2) is 9.90 Å². The summed E-state index contributed by atoms with van der Waals surface area (Å²) >= 11 is 3.51. The third-order valence-electron chi connectivity index (χ3n) is 6.57. The van der Waals surface area contributed by atoms with Gasteiger partial charge in [0.25, 0.3) is 0 Å². The molecule has 182 valence electrons. The van der Waals surface area contributed by atoms with Gasteiger partial charge in [0.05, 0.1) is 13.1 Å². The Kier molecular flexibility index (Phi) is 21.2. The second-order valence-electron chi connectivity index (χ2n) is 9.65. The molecule has 2 nitrogen and oxygen atoms in total. The number of halogens is 1. The third-order valence-corrected chi connectivity index (χ3v) is 7.13. The summed E-state index contributed by atoms with van der Waals surface area (Å²) in [4.78, 5) is 0. The molecule has 0 aliphatic heterocycles. The minimum absolute atomic E-state index is 1.17. The van der Waals surface area contributed by atoms with E-state index in [9.17, 15) is 0 Å². The van der Waals surface area contributed by atoms with Crippen LogP contribution in [0, 0.1) is 0 Å². The van der Waals surface area contributed by atoms with E-state index in [1.54, 1.807) is 0 Å². The Balaban J connectivity index is 1.86. The molecule has 1 heterocycles. The van der Waals surface area contributed by atoms with Crippen molar-refractivity contribution in [3.63, 3.8) is 0 Å². The van der Waals surface area contributed by atoms with Crippen molar-refractivity contribution < 1.29 is 4.57 Å². The first kappa shape index (κ1) is 28.7. The first-order chi connectivity index (χ1) is 15.4. The maximum Gasteiger partial charge on any atom is 0.243 e. The van der Waals surface area contributed by atoms with Gasteiger partial charge in [-0.25, -0.2) is 9.13 Å². The highest BCUT2D eigenvalue weighted by atomic mass is 79.9. The Labute approximate surface area is 203 Å². The second kappa shape index (κ2) is 22.9. The fourth-order valence-corrected chi connectivity index (χ4v) is 4.86. The number of rotatable bonds is 24. The van der Waals surface area contributed by atoms with E-state index in [0.29, 0.717) is 0 Å². The van der Waals surface area contributed by atoms with Crippen molar-refractivity contribution in [2.75, 3.05) is 5.33 Å². The second-order valence-corrected chi connectivity index (χ2v) is 10.4. The van der Waals surface area contributed by atoms with Gasteiger partial charge in [-0.3, -0.25) is 0 Å². The molecule has 1 aromatic rings. The molecule has 31 heavy (non-hydrogen) atoms. The van der Waals surface area contributed by atoms with E-state index in [1.807, 2.05) is 0 Å². The van der Waals surface area contributed by atoms with E-state index in [0.717, 1.165) is 0 Å². The summed E-state index contributed by atoms with van der Waals surface area (Å²) < 4.78 is 4.78. The van der Waals surface area contributed by atoms with Gasteiger partial charge in [-0.15, -0.1) is 0 Å². The van der Waals surface area contributed by atoms with Gasteiger partial charge in [-0.1, -0.05) is 126 Å². The van der Waals surface area contributed by atoms with Crippen molar-refractivity contribution in [2.24, 2.45) is 0 Å². The highest BCUT2D eigenvalue weighted by Crippen LogP contribution is 2.12. The average molecular weight is 499 g/mol. The van der Waals surface area contributed by atoms with Crippen LogP contribution in [0.25, 0.3) is 0 Å². The first-order valence-corrected chi connectivity index (χ1v) is 15.1. The number of unbranched alkanes of at least 4 members (excludes halogenated alkanes) is 19. The van der Waals surface area contributed by atoms with Gasteiger partial charge in [0.2, 0.25) is 6.33 Å². The normalized spacial score (nSPS) is 11.4. The molecule has 0 saturated heterocycles. The summed E-state index contributed by atoms with van der Waals surface area (Å²) in [6.07, 6.45) is 36.6. The largest absolute Gasteiger partial charge is 0.243 e. The van der Waals surface area contributed by atoms with E-state index in [4.69, 9.17) is 0 Å². The molecule has 0 aromatic carbocycles. The predicted molar refractivity (Wildman–Crippen MR) is 141 cm³/mol. The number of aromatic nitrogens is 2. The van der Waals surface area contributed by atoms with Crippen LogP contribution in [-0.2, 0) is 13.1 Å². The van der Waals surface area contributed by atoms with Gasteiger partial charge in [-0.2, -0.15) is 0 Å². The fourth-order valence-electron chi connectivity index (χ4n) is 4.46. The molecule has 0 unspecified atom stereocenters. The molecule has 0 saturated carbocycles. The zero-order valence-corrected chi connectivity index (χ0v) is 22.6. The van der Waals surface area contributed by atoms with E-state index >= 15 is 0 Å². The fraction of sp³-hybridized carbons (Fsp3) is 0.893. The van der Waals surface area contributed by atoms with E-state index in [-0.39, 0.29) is 0 Å². The van der Waals surface area contributed by atoms with Crippen LogP contribution < -0.4 is 4.57 Å². The number of alkyl halides is 1. The summed E-state index contributed by atoms with van der Waals surface area (Å²) in [5.74, 6) is 0. The summed E-state index contributed by atoms with van der Waals surface area (Å²) in [7, 11) is 0. The van der Waals surface area contributed by atoms with Gasteiger partial charge in [0.1, 0.15) is 12.4 Å². The lowest BCUT2D eigenvalue weighted by Gasteiger charge is -2.02. The van der Waals surface area contributed by atoms with Crippen molar-refractivity contribution in [3.8, 4) is 0 Å². The quantitative estimate of drug-likeness (QED) is 0.0762. The number of nitrogens with zero attached hydrogens (tertiary/aromatic N) is 2. The van der Waals surface area contributed by atoms with Gasteiger partial charge >= 0.3 is 0 Å². The summed E-state index contributed by atoms with van der Waals surface area (Å²) in [6, 6.07) is 0. The average Bonchev–Trinajstić information content (AvgIpc) is 3.23. The van der Waals surface area contributed by atoms with Crippen LogP contribution in [0.5, 0.6) is 0 Å². The van der Waals surface area contributed by atoms with Crippen LogP contribution in [0.15, 0.2) is 18.7 Å². The molecule has 1 rings (SSSR count). The van der Waals surface area contributed by atoms with Crippen LogP contribution in [0.4, 0.5) is 0 Å². The molecule has 0 radical (unpaired) electrons. The van der Waals surface area contributed by atoms with Gasteiger partial charge < -0.3 is 0 Å². The van der Waals surface area contributed by atoms with Crippen LogP contribution in [0.1, 0.15) is 142 Å². The molecule has 0 bridgehead atoms. The Morgan fingerprint density at radius 1 is 0.581 bits per heavy atom. The predicted octanol–water partition coefficient (Wildman–Crippen LogP) is 9.38. The highest BCUT2D eigenvalue weighted by molar-refractivity contribution is 9.09. The molecule has 0 N–H and O–H groups in total. The zero-order valence-electron chi connectivity index (χ0n) is 21.0. The highest BCUT2D eigenvalue weighted by Gasteiger charge is 2.03. The third kappa shape index (κ3) is 18.9. The smallest absolute Gasteiger partial charge is 0.237 e. The van der Waals surface area contributed by atoms with Crippen LogP contribution >= 0.6 is 15.9 Å². The molecule has 0 atom stereocenters. The molecular formula is C28H54BrN2+. The molecule has 0 amide bonds. The van der Waals surface area contributed by atoms with Crippen molar-refractivity contribution in [1.29, 1.82) is 0 Å². The maximum atomic E-state index is 3.51. The summed E-state index contributed by atoms with van der Waals surface area (Å²) in [5.41, 5.74) is 0. The Bertz CT molecular complexity index is 431. The maximum absolute atomic E-state index is 3.51. The van der Waals surface area contributed by atoms with Crippen molar-refractivity contribution in [3.05, 3.63) is 18.7 Å². The standard InChI is InChI=1S/C28H54BrN2/c1-2-3-4-5-6-7-9-12-15-18-21-24-30-26-27-31(28-30)25-22-19-16-13-10-8-11-14-17-20-23-29/h26-28H,2-25H2,1H3/q+1. The molecule has 0 aliphatic carbocycles. The number of aryl methyl sites for hydroxylation is 2. The van der Waals surface area contributed by atoms with E-state index < -0.39 is 0 Å². The van der Waals surface area contributed by atoms with E-state index in [1.165, 1.54) is 153 Å². The molecule has 0 spiro atoms. The Morgan fingerprint density at radius 3 is 1.55 bits per heavy atom. The molecule has 0 fully saturated rings. The minimum Gasteiger partial charge on any atom is -0.237 e. The topological polar surface area (TPSA) is 8.81 Å². The Hall–Kier alpha value is -0.310. The molecule has 1 aromatic heterocycles. The lowest BCUT2D eigenvalue weighted by atomic mass is 10.1. The van der Waals surface area contributed by atoms with E-state index in [2.05, 4.69) is 50.7 Å². The number of hydrogen-bond acceptors (Lipinski definition) is 0. The van der Waals surface area contributed by atoms with Crippen molar-refractivity contribution in [2.45, 2.75) is 155 Å². The number of hydrogen-bond donors (Lipinski definition) is 0. The van der Waals surface area contributed by atoms with Crippen LogP contribution in [0.2, 0.25) is 0 Å². The SMILES string of the molecule is CCCCCCCCCCCCCn1cc[n+](CCCCCCCCCCCCBr)c1. The Morgan fingerprint density at radius 2 is 1.03 bits per heavy atom. The molecule has 0 aliphatic rings. The summed E-state index contributed by atoms with van der Waals surface area (Å²) in [5, 5.41) is 1.17. The monoisotopic (exact) mass is 497 g/mol. The van der Waals surface area contributed by atoms with Gasteiger partial charge in [0, 0.05) is 5.33 Å². The van der Waals surface area contributed by atoms with Crippen molar-refractivity contribution in [1.82, 2.24) is 4.57 Å². The minimum atomic E-state index is 1.17. The zero-order chi connectivity index (χ0) is 22.2. The summed E-state index contributed by atoms with van der Waals surface area (Å²) in [6.45, 7) is 4.68. The first-order valence-electron chi connectivity index (χ1n) is 14.0. The lowest BCUT2D eigenvalue weighted by molar-refractivity contribution is -0.696. The molecule has 3 heteroatoms.